The molecule has 3 N–H and O–H groups in total. The number of nitrogens with zero attached hydrogens (tertiary/aromatic N) is 1. The third-order valence-corrected chi connectivity index (χ3v) is 6.88. The smallest absolute Gasteiger partial charge is 0.243 e. The number of rotatable bonds is 4. The molecule has 3 rings (SSSR count). The number of aliphatic hydroxyl groups excluding tert-OH is 1. The van der Waals surface area contributed by atoms with Crippen LogP contribution in [0.4, 0.5) is 5.69 Å². The van der Waals surface area contributed by atoms with Crippen molar-refractivity contribution in [3.63, 3.8) is 0 Å². The zero-order valence-corrected chi connectivity index (χ0v) is 16.2. The monoisotopic (exact) mass is 399 g/mol. The number of thiocarbonyl (C=S) groups is 1. The average Bonchev–Trinajstić information content (AvgIpc) is 2.65. The Morgan fingerprint density at radius 2 is 1.73 bits per heavy atom. The van der Waals surface area contributed by atoms with Gasteiger partial charge in [0.15, 0.2) is 5.11 Å². The zero-order chi connectivity index (χ0) is 18.6. The van der Waals surface area contributed by atoms with Crippen LogP contribution in [-0.2, 0) is 14.8 Å². The predicted molar refractivity (Wildman–Crippen MR) is 104 cm³/mol. The molecule has 7 nitrogen and oxygen atoms in total. The van der Waals surface area contributed by atoms with Gasteiger partial charge in [0.2, 0.25) is 10.0 Å². The number of morpholine rings is 1. The molecule has 26 heavy (non-hydrogen) atoms. The lowest BCUT2D eigenvalue weighted by molar-refractivity contribution is 0.0730. The largest absolute Gasteiger partial charge is 0.393 e. The van der Waals surface area contributed by atoms with Crippen molar-refractivity contribution in [2.45, 2.75) is 42.7 Å². The van der Waals surface area contributed by atoms with E-state index < -0.39 is 10.0 Å². The number of nitrogens with one attached hydrogen (secondary N) is 2. The van der Waals surface area contributed by atoms with Crippen molar-refractivity contribution >= 4 is 33.0 Å². The second-order valence-electron chi connectivity index (χ2n) is 6.64. The fraction of sp³-hybridized carbons (Fsp3) is 0.588. The topological polar surface area (TPSA) is 90.9 Å². The normalized spacial score (nSPS) is 24.8. The van der Waals surface area contributed by atoms with E-state index in [-0.39, 0.29) is 17.0 Å². The van der Waals surface area contributed by atoms with E-state index in [9.17, 15) is 13.5 Å². The van der Waals surface area contributed by atoms with Gasteiger partial charge in [-0.3, -0.25) is 0 Å². The van der Waals surface area contributed by atoms with Gasteiger partial charge in [0, 0.05) is 24.8 Å². The lowest BCUT2D eigenvalue weighted by Gasteiger charge is -2.27. The molecule has 0 atom stereocenters. The van der Waals surface area contributed by atoms with Gasteiger partial charge in [-0.2, -0.15) is 4.31 Å². The van der Waals surface area contributed by atoms with Gasteiger partial charge in [0.1, 0.15) is 0 Å². The van der Waals surface area contributed by atoms with Gasteiger partial charge >= 0.3 is 0 Å². The number of sulfonamides is 1. The Hall–Kier alpha value is -1.26. The highest BCUT2D eigenvalue weighted by atomic mass is 32.2. The van der Waals surface area contributed by atoms with Crippen molar-refractivity contribution in [3.05, 3.63) is 24.3 Å². The quantitative estimate of drug-likeness (QED) is 0.658. The van der Waals surface area contributed by atoms with Crippen molar-refractivity contribution in [1.82, 2.24) is 9.62 Å². The third-order valence-electron chi connectivity index (χ3n) is 4.75. The van der Waals surface area contributed by atoms with Gasteiger partial charge in [-0.15, -0.1) is 0 Å². The molecule has 2 aliphatic rings. The Kier molecular flexibility index (Phi) is 6.46. The molecule has 0 bridgehead atoms. The standard InChI is InChI=1S/C17H25N3O4S2/c21-15-5-1-13(2-6-15)18-17(25)19-14-3-7-16(8-4-14)26(22,23)20-9-11-24-12-10-20/h3-4,7-8,13,15,21H,1-2,5-6,9-12H2,(H2,18,19,25). The molecule has 0 unspecified atom stereocenters. The average molecular weight is 400 g/mol. The second-order valence-corrected chi connectivity index (χ2v) is 8.99. The van der Waals surface area contributed by atoms with Crippen LogP contribution in [0, 0.1) is 0 Å². The summed E-state index contributed by atoms with van der Waals surface area (Å²) in [6.45, 7) is 1.62. The number of hydrogen-bond donors (Lipinski definition) is 3. The summed E-state index contributed by atoms with van der Waals surface area (Å²) in [7, 11) is -3.48. The maximum Gasteiger partial charge on any atom is 0.243 e. The van der Waals surface area contributed by atoms with Crippen LogP contribution < -0.4 is 10.6 Å². The van der Waals surface area contributed by atoms with E-state index in [4.69, 9.17) is 17.0 Å². The Morgan fingerprint density at radius 3 is 2.35 bits per heavy atom. The lowest BCUT2D eigenvalue weighted by Crippen LogP contribution is -2.41. The van der Waals surface area contributed by atoms with Gasteiger partial charge in [-0.1, -0.05) is 0 Å². The molecule has 1 aromatic rings. The molecule has 0 amide bonds. The van der Waals surface area contributed by atoms with Crippen molar-refractivity contribution < 1.29 is 18.3 Å². The first-order chi connectivity index (χ1) is 12.4. The highest BCUT2D eigenvalue weighted by molar-refractivity contribution is 7.89. The summed E-state index contributed by atoms with van der Waals surface area (Å²) in [6, 6.07) is 6.87. The summed E-state index contributed by atoms with van der Waals surface area (Å²) >= 11 is 5.33. The van der Waals surface area contributed by atoms with Crippen LogP contribution in [0.25, 0.3) is 0 Å². The van der Waals surface area contributed by atoms with Crippen LogP contribution in [-0.4, -0.2) is 61.4 Å². The lowest BCUT2D eigenvalue weighted by atomic mass is 9.93. The number of benzene rings is 1. The van der Waals surface area contributed by atoms with Gasteiger partial charge in [0.05, 0.1) is 24.2 Å². The molecule has 0 aromatic heterocycles. The van der Waals surface area contributed by atoms with Gasteiger partial charge < -0.3 is 20.5 Å². The number of anilines is 1. The second kappa shape index (κ2) is 8.62. The van der Waals surface area contributed by atoms with Gasteiger partial charge in [-0.05, 0) is 62.2 Å². The van der Waals surface area contributed by atoms with E-state index >= 15 is 0 Å². The summed E-state index contributed by atoms with van der Waals surface area (Å²) < 4.78 is 31.9. The fourth-order valence-electron chi connectivity index (χ4n) is 3.22. The van der Waals surface area contributed by atoms with E-state index in [0.717, 1.165) is 31.4 Å². The summed E-state index contributed by atoms with van der Waals surface area (Å²) in [6.07, 6.45) is 3.15. The number of aliphatic hydroxyl groups is 1. The van der Waals surface area contributed by atoms with Crippen molar-refractivity contribution in [3.8, 4) is 0 Å². The molecule has 1 heterocycles. The molecular weight excluding hydrogens is 374 g/mol. The molecule has 1 aliphatic heterocycles. The summed E-state index contributed by atoms with van der Waals surface area (Å²) in [5.74, 6) is 0. The SMILES string of the molecule is O=S(=O)(c1ccc(NC(=S)NC2CCC(O)CC2)cc1)N1CCOCC1. The van der Waals surface area contributed by atoms with Crippen LogP contribution >= 0.6 is 12.2 Å². The number of ether oxygens (including phenoxy) is 1. The molecular formula is C17H25N3O4S2. The minimum Gasteiger partial charge on any atom is -0.393 e. The van der Waals surface area contributed by atoms with E-state index in [0.29, 0.717) is 31.4 Å². The maximum atomic E-state index is 12.6. The zero-order valence-electron chi connectivity index (χ0n) is 14.6. The molecule has 1 aliphatic carbocycles. The highest BCUT2D eigenvalue weighted by Crippen LogP contribution is 2.20. The van der Waals surface area contributed by atoms with E-state index in [2.05, 4.69) is 10.6 Å². The third kappa shape index (κ3) is 4.92. The molecule has 1 aromatic carbocycles. The Balaban J connectivity index is 1.56. The first-order valence-electron chi connectivity index (χ1n) is 8.89. The maximum absolute atomic E-state index is 12.6. The van der Waals surface area contributed by atoms with Crippen LogP contribution in [0.15, 0.2) is 29.2 Å². The first kappa shape index (κ1) is 19.5. The van der Waals surface area contributed by atoms with Crippen LogP contribution in [0.5, 0.6) is 0 Å². The molecule has 0 spiro atoms. The minimum absolute atomic E-state index is 0.199. The van der Waals surface area contributed by atoms with Gasteiger partial charge in [-0.25, -0.2) is 8.42 Å². The minimum atomic E-state index is -3.48. The van der Waals surface area contributed by atoms with Gasteiger partial charge in [0.25, 0.3) is 0 Å². The molecule has 144 valence electrons. The van der Waals surface area contributed by atoms with Crippen LogP contribution in [0.3, 0.4) is 0 Å². The first-order valence-corrected chi connectivity index (χ1v) is 10.7. The van der Waals surface area contributed by atoms with Crippen molar-refractivity contribution in [2.75, 3.05) is 31.6 Å². The Labute approximate surface area is 159 Å². The summed E-state index contributed by atoms with van der Waals surface area (Å²) in [5, 5.41) is 16.4. The molecule has 1 saturated carbocycles. The molecule has 1 saturated heterocycles. The van der Waals surface area contributed by atoms with E-state index in [1.165, 1.54) is 4.31 Å². The summed E-state index contributed by atoms with van der Waals surface area (Å²) in [4.78, 5) is 0.269. The molecule has 9 heteroatoms. The molecule has 0 radical (unpaired) electrons. The van der Waals surface area contributed by atoms with Crippen molar-refractivity contribution in [1.29, 1.82) is 0 Å². The predicted octanol–water partition coefficient (Wildman–Crippen LogP) is 1.30. The Bertz CT molecular complexity index is 710. The summed E-state index contributed by atoms with van der Waals surface area (Å²) in [5.41, 5.74) is 0.735. The van der Waals surface area contributed by atoms with E-state index in [1.54, 1.807) is 24.3 Å². The van der Waals surface area contributed by atoms with Crippen LogP contribution in [0.2, 0.25) is 0 Å². The molecule has 2 fully saturated rings. The number of hydrogen-bond acceptors (Lipinski definition) is 5. The highest BCUT2D eigenvalue weighted by Gasteiger charge is 2.26. The van der Waals surface area contributed by atoms with Crippen molar-refractivity contribution in [2.24, 2.45) is 0 Å². The van der Waals surface area contributed by atoms with Crippen LogP contribution in [0.1, 0.15) is 25.7 Å². The van der Waals surface area contributed by atoms with E-state index in [1.807, 2.05) is 0 Å². The Morgan fingerprint density at radius 1 is 1.12 bits per heavy atom. The fourth-order valence-corrected chi connectivity index (χ4v) is 4.91.